The first kappa shape index (κ1) is 11.7. The van der Waals surface area contributed by atoms with Crippen LogP contribution in [0, 0.1) is 0 Å². The lowest BCUT2D eigenvalue weighted by atomic mass is 10.1. The molecule has 2 nitrogen and oxygen atoms in total. The molecule has 2 aromatic carbocycles. The molecule has 0 radical (unpaired) electrons. The molecule has 0 aliphatic carbocycles. The number of para-hydroxylation sites is 1. The van der Waals surface area contributed by atoms with Gasteiger partial charge in [0.2, 0.25) is 0 Å². The predicted molar refractivity (Wildman–Crippen MR) is 70.9 cm³/mol. The van der Waals surface area contributed by atoms with Crippen molar-refractivity contribution in [2.45, 2.75) is 13.2 Å². The van der Waals surface area contributed by atoms with Crippen LogP contribution in [0.2, 0.25) is 0 Å². The summed E-state index contributed by atoms with van der Waals surface area (Å²) >= 11 is 0. The van der Waals surface area contributed by atoms with Crippen LogP contribution in [0.1, 0.15) is 11.1 Å². The molecule has 0 fully saturated rings. The van der Waals surface area contributed by atoms with Crippen molar-refractivity contribution in [2.75, 3.05) is 11.9 Å². The van der Waals surface area contributed by atoms with E-state index in [-0.39, 0.29) is 6.61 Å². The first-order chi connectivity index (χ1) is 8.31. The van der Waals surface area contributed by atoms with E-state index in [0.717, 1.165) is 12.1 Å². The van der Waals surface area contributed by atoms with E-state index in [1.165, 1.54) is 11.3 Å². The van der Waals surface area contributed by atoms with Crippen LogP contribution in [0.4, 0.5) is 5.69 Å². The van der Waals surface area contributed by atoms with Gasteiger partial charge >= 0.3 is 0 Å². The van der Waals surface area contributed by atoms with Gasteiger partial charge < -0.3 is 10.0 Å². The zero-order valence-electron chi connectivity index (χ0n) is 10.0. The summed E-state index contributed by atoms with van der Waals surface area (Å²) in [5.74, 6) is 0. The van der Waals surface area contributed by atoms with E-state index < -0.39 is 0 Å². The van der Waals surface area contributed by atoms with Gasteiger partial charge in [0.15, 0.2) is 0 Å². The molecule has 17 heavy (non-hydrogen) atoms. The van der Waals surface area contributed by atoms with Crippen molar-refractivity contribution >= 4 is 5.69 Å². The normalized spacial score (nSPS) is 10.2. The second-order valence-electron chi connectivity index (χ2n) is 4.12. The van der Waals surface area contributed by atoms with Gasteiger partial charge in [-0.1, -0.05) is 42.5 Å². The number of hydrogen-bond acceptors (Lipinski definition) is 2. The number of benzene rings is 2. The first-order valence-electron chi connectivity index (χ1n) is 5.75. The average Bonchev–Trinajstić information content (AvgIpc) is 2.40. The highest BCUT2D eigenvalue weighted by molar-refractivity contribution is 5.46. The van der Waals surface area contributed by atoms with Crippen LogP contribution in [0.25, 0.3) is 0 Å². The maximum Gasteiger partial charge on any atom is 0.0685 e. The minimum Gasteiger partial charge on any atom is -0.392 e. The highest BCUT2D eigenvalue weighted by Crippen LogP contribution is 2.17. The highest BCUT2D eigenvalue weighted by Gasteiger charge is 2.04. The van der Waals surface area contributed by atoms with Gasteiger partial charge in [0.05, 0.1) is 6.61 Å². The topological polar surface area (TPSA) is 23.5 Å². The SMILES string of the molecule is CN(Cc1ccccc1CO)c1ccccc1. The molecule has 0 heterocycles. The van der Waals surface area contributed by atoms with Gasteiger partial charge in [-0.25, -0.2) is 0 Å². The Bertz CT molecular complexity index is 467. The number of rotatable bonds is 4. The molecule has 0 aliphatic heterocycles. The largest absolute Gasteiger partial charge is 0.392 e. The molecule has 2 aromatic rings. The van der Waals surface area contributed by atoms with Crippen molar-refractivity contribution in [3.05, 3.63) is 65.7 Å². The third-order valence-electron chi connectivity index (χ3n) is 2.89. The molecule has 0 atom stereocenters. The summed E-state index contributed by atoms with van der Waals surface area (Å²) in [6.07, 6.45) is 0. The maximum atomic E-state index is 9.28. The molecule has 2 rings (SSSR count). The second kappa shape index (κ2) is 5.51. The van der Waals surface area contributed by atoms with Gasteiger partial charge in [-0.05, 0) is 23.3 Å². The van der Waals surface area contributed by atoms with Crippen molar-refractivity contribution < 1.29 is 5.11 Å². The minimum atomic E-state index is 0.0960. The monoisotopic (exact) mass is 227 g/mol. The Morgan fingerprint density at radius 2 is 1.47 bits per heavy atom. The van der Waals surface area contributed by atoms with Gasteiger partial charge in [0.1, 0.15) is 0 Å². The van der Waals surface area contributed by atoms with E-state index in [1.54, 1.807) is 0 Å². The maximum absolute atomic E-state index is 9.28. The zero-order valence-corrected chi connectivity index (χ0v) is 10.0. The molecular formula is C15H17NO. The Balaban J connectivity index is 2.16. The summed E-state index contributed by atoms with van der Waals surface area (Å²) in [5.41, 5.74) is 3.34. The standard InChI is InChI=1S/C15H17NO/c1-16(15-9-3-2-4-10-15)11-13-7-5-6-8-14(13)12-17/h2-10,17H,11-12H2,1H3. The Kier molecular flexibility index (Phi) is 3.78. The summed E-state index contributed by atoms with van der Waals surface area (Å²) in [5, 5.41) is 9.28. The van der Waals surface area contributed by atoms with E-state index in [2.05, 4.69) is 30.1 Å². The van der Waals surface area contributed by atoms with Gasteiger partial charge in [-0.15, -0.1) is 0 Å². The second-order valence-corrected chi connectivity index (χ2v) is 4.12. The summed E-state index contributed by atoms with van der Waals surface area (Å²) in [7, 11) is 2.06. The van der Waals surface area contributed by atoms with Crippen LogP contribution in [0.15, 0.2) is 54.6 Å². The lowest BCUT2D eigenvalue weighted by Gasteiger charge is -2.20. The van der Waals surface area contributed by atoms with Crippen LogP contribution in [-0.2, 0) is 13.2 Å². The molecule has 0 bridgehead atoms. The quantitative estimate of drug-likeness (QED) is 0.868. The predicted octanol–water partition coefficient (Wildman–Crippen LogP) is 2.82. The van der Waals surface area contributed by atoms with Crippen molar-refractivity contribution in [3.8, 4) is 0 Å². The molecule has 0 aromatic heterocycles. The van der Waals surface area contributed by atoms with Crippen molar-refractivity contribution in [1.29, 1.82) is 0 Å². The fraction of sp³-hybridized carbons (Fsp3) is 0.200. The van der Waals surface area contributed by atoms with Crippen LogP contribution in [0.5, 0.6) is 0 Å². The number of aliphatic hydroxyl groups is 1. The van der Waals surface area contributed by atoms with Crippen molar-refractivity contribution in [1.82, 2.24) is 0 Å². The van der Waals surface area contributed by atoms with E-state index in [9.17, 15) is 5.11 Å². The number of nitrogens with zero attached hydrogens (tertiary/aromatic N) is 1. The number of aliphatic hydroxyl groups excluding tert-OH is 1. The van der Waals surface area contributed by atoms with Gasteiger partial charge in [0, 0.05) is 19.3 Å². The molecule has 0 saturated heterocycles. The van der Waals surface area contributed by atoms with Crippen molar-refractivity contribution in [2.24, 2.45) is 0 Å². The average molecular weight is 227 g/mol. The van der Waals surface area contributed by atoms with Gasteiger partial charge in [-0.3, -0.25) is 0 Å². The van der Waals surface area contributed by atoms with Gasteiger partial charge in [0.25, 0.3) is 0 Å². The Hall–Kier alpha value is -1.80. The molecule has 88 valence electrons. The smallest absolute Gasteiger partial charge is 0.0685 e. The van der Waals surface area contributed by atoms with E-state index in [4.69, 9.17) is 0 Å². The third kappa shape index (κ3) is 2.86. The fourth-order valence-electron chi connectivity index (χ4n) is 1.90. The fourth-order valence-corrected chi connectivity index (χ4v) is 1.90. The summed E-state index contributed by atoms with van der Waals surface area (Å²) in [6, 6.07) is 18.2. The van der Waals surface area contributed by atoms with E-state index in [0.29, 0.717) is 0 Å². The van der Waals surface area contributed by atoms with E-state index >= 15 is 0 Å². The highest BCUT2D eigenvalue weighted by atomic mass is 16.3. The zero-order chi connectivity index (χ0) is 12.1. The minimum absolute atomic E-state index is 0.0960. The summed E-state index contributed by atoms with van der Waals surface area (Å²) < 4.78 is 0. The Labute approximate surface area is 102 Å². The molecule has 0 aliphatic rings. The molecule has 0 unspecified atom stereocenters. The van der Waals surface area contributed by atoms with Crippen molar-refractivity contribution in [3.63, 3.8) is 0 Å². The van der Waals surface area contributed by atoms with Crippen LogP contribution >= 0.6 is 0 Å². The summed E-state index contributed by atoms with van der Waals surface area (Å²) in [6.45, 7) is 0.902. The van der Waals surface area contributed by atoms with Crippen LogP contribution < -0.4 is 4.90 Å². The lowest BCUT2D eigenvalue weighted by molar-refractivity contribution is 0.280. The molecule has 0 spiro atoms. The summed E-state index contributed by atoms with van der Waals surface area (Å²) in [4.78, 5) is 2.18. The molecule has 0 saturated carbocycles. The molecule has 0 amide bonds. The lowest BCUT2D eigenvalue weighted by Crippen LogP contribution is -2.17. The van der Waals surface area contributed by atoms with Crippen LogP contribution in [0.3, 0.4) is 0 Å². The molecular weight excluding hydrogens is 210 g/mol. The van der Waals surface area contributed by atoms with Crippen LogP contribution in [-0.4, -0.2) is 12.2 Å². The first-order valence-corrected chi connectivity index (χ1v) is 5.75. The number of hydrogen-bond donors (Lipinski definition) is 1. The van der Waals surface area contributed by atoms with Gasteiger partial charge in [-0.2, -0.15) is 0 Å². The Morgan fingerprint density at radius 3 is 2.12 bits per heavy atom. The molecule has 2 heteroatoms. The third-order valence-corrected chi connectivity index (χ3v) is 2.89. The van der Waals surface area contributed by atoms with E-state index in [1.807, 2.05) is 36.4 Å². The number of anilines is 1. The molecule has 1 N–H and O–H groups in total. The Morgan fingerprint density at radius 1 is 0.882 bits per heavy atom.